The maximum atomic E-state index is 12.2. The van der Waals surface area contributed by atoms with Gasteiger partial charge in [-0.05, 0) is 22.3 Å². The van der Waals surface area contributed by atoms with Crippen LogP contribution in [0.25, 0.3) is 10.8 Å². The van der Waals surface area contributed by atoms with Crippen molar-refractivity contribution in [1.82, 2.24) is 5.32 Å². The van der Waals surface area contributed by atoms with Crippen molar-refractivity contribution in [3.8, 4) is 0 Å². The predicted molar refractivity (Wildman–Crippen MR) is 88.2 cm³/mol. The molecule has 0 fully saturated rings. The molecule has 0 aliphatic rings. The first-order valence-corrected chi connectivity index (χ1v) is 8.06. The molecule has 2 nitrogen and oxygen atoms in total. The van der Waals surface area contributed by atoms with Gasteiger partial charge in [0.1, 0.15) is 0 Å². The van der Waals surface area contributed by atoms with Crippen LogP contribution in [0.3, 0.4) is 0 Å². The molecular formula is C17H20BrNO. The van der Waals surface area contributed by atoms with E-state index < -0.39 is 0 Å². The average molecular weight is 334 g/mol. The summed E-state index contributed by atoms with van der Waals surface area (Å²) in [4.78, 5) is 12.2. The molecule has 2 aromatic rings. The molecule has 1 atom stereocenters. The van der Waals surface area contributed by atoms with Gasteiger partial charge in [0.2, 0.25) is 5.91 Å². The maximum Gasteiger partial charge on any atom is 0.224 e. The van der Waals surface area contributed by atoms with E-state index in [-0.39, 0.29) is 11.9 Å². The van der Waals surface area contributed by atoms with E-state index >= 15 is 0 Å². The number of hydrogen-bond donors (Lipinski definition) is 1. The van der Waals surface area contributed by atoms with Crippen molar-refractivity contribution in [2.45, 2.75) is 26.3 Å². The quantitative estimate of drug-likeness (QED) is 0.825. The number of carbonyl (C=O) groups excluding carboxylic acids is 1. The summed E-state index contributed by atoms with van der Waals surface area (Å²) in [5.74, 6) is 0.505. The molecule has 0 aromatic heterocycles. The fraction of sp³-hybridized carbons (Fsp3) is 0.353. The zero-order chi connectivity index (χ0) is 14.5. The molecule has 0 aliphatic heterocycles. The number of rotatable bonds is 5. The Morgan fingerprint density at radius 2 is 1.85 bits per heavy atom. The Labute approximate surface area is 128 Å². The van der Waals surface area contributed by atoms with Crippen LogP contribution in [0.5, 0.6) is 0 Å². The van der Waals surface area contributed by atoms with Gasteiger partial charge in [0.25, 0.3) is 0 Å². The van der Waals surface area contributed by atoms with Crippen LogP contribution >= 0.6 is 15.9 Å². The third kappa shape index (κ3) is 3.60. The Bertz CT molecular complexity index is 589. The van der Waals surface area contributed by atoms with E-state index in [1.165, 1.54) is 5.39 Å². The topological polar surface area (TPSA) is 29.1 Å². The third-order valence-electron chi connectivity index (χ3n) is 3.55. The largest absolute Gasteiger partial charge is 0.352 e. The normalized spacial score (nSPS) is 12.6. The van der Waals surface area contributed by atoms with E-state index in [0.717, 1.165) is 16.3 Å². The molecule has 2 aromatic carbocycles. The zero-order valence-corrected chi connectivity index (χ0v) is 13.5. The third-order valence-corrected chi connectivity index (χ3v) is 4.25. The first-order valence-electron chi connectivity index (χ1n) is 6.93. The molecule has 106 valence electrons. The minimum atomic E-state index is 0.0829. The summed E-state index contributed by atoms with van der Waals surface area (Å²) in [6.45, 7) is 4.23. The second-order valence-corrected chi connectivity index (χ2v) is 6.03. The molecule has 3 heteroatoms. The number of fused-ring (bicyclic) bond motifs is 1. The molecule has 1 amide bonds. The van der Waals surface area contributed by atoms with Crippen molar-refractivity contribution in [1.29, 1.82) is 0 Å². The Hall–Kier alpha value is -1.35. The summed E-state index contributed by atoms with van der Waals surface area (Å²) in [5.41, 5.74) is 1.08. The van der Waals surface area contributed by atoms with Crippen LogP contribution in [0, 0.1) is 5.92 Å². The van der Waals surface area contributed by atoms with Crippen LogP contribution in [-0.4, -0.2) is 17.3 Å². The molecular weight excluding hydrogens is 314 g/mol. The monoisotopic (exact) mass is 333 g/mol. The van der Waals surface area contributed by atoms with Gasteiger partial charge in [0, 0.05) is 11.4 Å². The Balaban J connectivity index is 2.14. The number of halogens is 1. The van der Waals surface area contributed by atoms with Crippen LogP contribution < -0.4 is 5.32 Å². The summed E-state index contributed by atoms with van der Waals surface area (Å²) in [5, 5.41) is 6.21. The number of carbonyl (C=O) groups is 1. The molecule has 20 heavy (non-hydrogen) atoms. The standard InChI is InChI=1S/C17H20BrNO/c1-12(2)16(11-18)19-17(20)10-14-8-5-7-13-6-3-4-9-15(13)14/h3-9,12,16H,10-11H2,1-2H3,(H,19,20). The second kappa shape index (κ2) is 6.89. The smallest absolute Gasteiger partial charge is 0.224 e. The fourth-order valence-electron chi connectivity index (χ4n) is 2.26. The highest BCUT2D eigenvalue weighted by atomic mass is 79.9. The molecule has 0 radical (unpaired) electrons. The van der Waals surface area contributed by atoms with Gasteiger partial charge in [0.15, 0.2) is 0 Å². The van der Waals surface area contributed by atoms with Gasteiger partial charge in [-0.3, -0.25) is 4.79 Å². The van der Waals surface area contributed by atoms with Crippen molar-refractivity contribution < 1.29 is 4.79 Å². The Morgan fingerprint density at radius 1 is 1.15 bits per heavy atom. The van der Waals surface area contributed by atoms with Crippen LogP contribution in [0.15, 0.2) is 42.5 Å². The number of benzene rings is 2. The summed E-state index contributed by atoms with van der Waals surface area (Å²) in [6, 6.07) is 14.5. The first-order chi connectivity index (χ1) is 9.61. The lowest BCUT2D eigenvalue weighted by Crippen LogP contribution is -2.40. The summed E-state index contributed by atoms with van der Waals surface area (Å²) in [6.07, 6.45) is 0.428. The molecule has 0 saturated heterocycles. The summed E-state index contributed by atoms with van der Waals surface area (Å²) >= 11 is 3.46. The van der Waals surface area contributed by atoms with Crippen LogP contribution in [0.1, 0.15) is 19.4 Å². The minimum Gasteiger partial charge on any atom is -0.352 e. The van der Waals surface area contributed by atoms with Gasteiger partial charge in [-0.15, -0.1) is 0 Å². The fourth-order valence-corrected chi connectivity index (χ4v) is 3.17. The van der Waals surface area contributed by atoms with E-state index in [9.17, 15) is 4.79 Å². The van der Waals surface area contributed by atoms with Crippen LogP contribution in [0.2, 0.25) is 0 Å². The molecule has 0 saturated carbocycles. The highest BCUT2D eigenvalue weighted by molar-refractivity contribution is 9.09. The van der Waals surface area contributed by atoms with Crippen molar-refractivity contribution in [3.05, 3.63) is 48.0 Å². The van der Waals surface area contributed by atoms with Crippen LogP contribution in [-0.2, 0) is 11.2 Å². The zero-order valence-electron chi connectivity index (χ0n) is 11.9. The highest BCUT2D eigenvalue weighted by Gasteiger charge is 2.15. The Morgan fingerprint density at radius 3 is 2.55 bits per heavy atom. The molecule has 0 aliphatic carbocycles. The molecule has 0 heterocycles. The molecule has 2 rings (SSSR count). The van der Waals surface area contributed by atoms with Crippen molar-refractivity contribution in [2.75, 3.05) is 5.33 Å². The number of alkyl halides is 1. The highest BCUT2D eigenvalue weighted by Crippen LogP contribution is 2.19. The molecule has 1 unspecified atom stereocenters. The predicted octanol–water partition coefficient (Wildman–Crippen LogP) is 3.92. The summed E-state index contributed by atoms with van der Waals surface area (Å²) in [7, 11) is 0. The van der Waals surface area contributed by atoms with E-state index in [1.54, 1.807) is 0 Å². The van der Waals surface area contributed by atoms with Crippen molar-refractivity contribution in [3.63, 3.8) is 0 Å². The molecule has 1 N–H and O–H groups in total. The van der Waals surface area contributed by atoms with Crippen molar-refractivity contribution in [2.24, 2.45) is 5.92 Å². The SMILES string of the molecule is CC(C)C(CBr)NC(=O)Cc1cccc2ccccc12. The van der Waals surface area contributed by atoms with Gasteiger partial charge in [-0.2, -0.15) is 0 Å². The van der Waals surface area contributed by atoms with E-state index in [1.807, 2.05) is 24.3 Å². The first kappa shape index (κ1) is 15.0. The van der Waals surface area contributed by atoms with E-state index in [0.29, 0.717) is 12.3 Å². The lowest BCUT2D eigenvalue weighted by atomic mass is 10.0. The maximum absolute atomic E-state index is 12.2. The van der Waals surface area contributed by atoms with Gasteiger partial charge in [-0.25, -0.2) is 0 Å². The van der Waals surface area contributed by atoms with Crippen LogP contribution in [0.4, 0.5) is 0 Å². The number of hydrogen-bond acceptors (Lipinski definition) is 1. The van der Waals surface area contributed by atoms with Crippen molar-refractivity contribution >= 4 is 32.6 Å². The lowest BCUT2D eigenvalue weighted by Gasteiger charge is -2.20. The van der Waals surface area contributed by atoms with Gasteiger partial charge in [0.05, 0.1) is 6.42 Å². The molecule has 0 bridgehead atoms. The van der Waals surface area contributed by atoms with Gasteiger partial charge < -0.3 is 5.32 Å². The average Bonchev–Trinajstić information content (AvgIpc) is 2.45. The molecule has 0 spiro atoms. The lowest BCUT2D eigenvalue weighted by molar-refractivity contribution is -0.121. The van der Waals surface area contributed by atoms with Gasteiger partial charge >= 0.3 is 0 Å². The summed E-state index contributed by atoms with van der Waals surface area (Å²) < 4.78 is 0. The second-order valence-electron chi connectivity index (χ2n) is 5.39. The van der Waals surface area contributed by atoms with E-state index in [2.05, 4.69) is 53.3 Å². The van der Waals surface area contributed by atoms with E-state index in [4.69, 9.17) is 0 Å². The minimum absolute atomic E-state index is 0.0829. The number of amides is 1. The Kier molecular flexibility index (Phi) is 5.18. The number of nitrogens with one attached hydrogen (secondary N) is 1. The van der Waals surface area contributed by atoms with Gasteiger partial charge in [-0.1, -0.05) is 72.2 Å².